The minimum absolute atomic E-state index is 0.0470. The Kier molecular flexibility index (Phi) is 3.01. The van der Waals surface area contributed by atoms with Crippen molar-refractivity contribution in [1.29, 1.82) is 0 Å². The van der Waals surface area contributed by atoms with Gasteiger partial charge in [-0.2, -0.15) is 9.97 Å². The van der Waals surface area contributed by atoms with Gasteiger partial charge in [-0.05, 0) is 34.7 Å². The normalized spacial score (nSPS) is 10.8. The number of fused-ring (bicyclic) bond motifs is 1. The van der Waals surface area contributed by atoms with Gasteiger partial charge in [0.25, 0.3) is 0 Å². The summed E-state index contributed by atoms with van der Waals surface area (Å²) >= 11 is 2.23. The molecule has 0 unspecified atom stereocenters. The molecule has 100 valence electrons. The zero-order valence-electron chi connectivity index (χ0n) is 10.2. The number of nitrogens with two attached hydrogens (primary N) is 3. The Morgan fingerprint density at radius 2 is 1.50 bits per heavy atom. The van der Waals surface area contributed by atoms with E-state index in [0.29, 0.717) is 16.9 Å². The van der Waals surface area contributed by atoms with Crippen LogP contribution in [-0.2, 0) is 0 Å². The fourth-order valence-corrected chi connectivity index (χ4v) is 2.18. The summed E-state index contributed by atoms with van der Waals surface area (Å²) in [5.41, 5.74) is 19.4. The van der Waals surface area contributed by atoms with Crippen molar-refractivity contribution in [3.63, 3.8) is 0 Å². The van der Waals surface area contributed by atoms with Gasteiger partial charge in [-0.1, -0.05) is 12.1 Å². The van der Waals surface area contributed by atoms with E-state index >= 15 is 0 Å². The average Bonchev–Trinajstić information content (AvgIpc) is 2.39. The molecule has 2 heterocycles. The highest BCUT2D eigenvalue weighted by Crippen LogP contribution is 2.26. The van der Waals surface area contributed by atoms with Gasteiger partial charge in [0.1, 0.15) is 5.69 Å². The molecule has 8 heteroatoms. The molecule has 0 saturated carbocycles. The second-order valence-electron chi connectivity index (χ2n) is 4.10. The van der Waals surface area contributed by atoms with Crippen LogP contribution in [0.5, 0.6) is 0 Å². The summed E-state index contributed by atoms with van der Waals surface area (Å²) in [5.74, 6) is 0.508. The van der Waals surface area contributed by atoms with Crippen LogP contribution in [0.1, 0.15) is 0 Å². The molecular weight excluding hydrogens is 369 g/mol. The number of anilines is 3. The number of nitrogens with zero attached hydrogens (tertiary/aromatic N) is 4. The molecule has 0 aliphatic carbocycles. The Bertz CT molecular complexity index is 801. The molecule has 0 atom stereocenters. The largest absolute Gasteiger partial charge is 0.382 e. The molecule has 20 heavy (non-hydrogen) atoms. The number of rotatable bonds is 1. The molecule has 2 aromatic heterocycles. The highest BCUT2D eigenvalue weighted by atomic mass is 127. The second kappa shape index (κ2) is 4.71. The van der Waals surface area contributed by atoms with E-state index in [9.17, 15) is 0 Å². The molecule has 3 rings (SSSR count). The van der Waals surface area contributed by atoms with Gasteiger partial charge in [-0.25, -0.2) is 9.97 Å². The first-order valence-electron chi connectivity index (χ1n) is 5.67. The first kappa shape index (κ1) is 12.8. The molecule has 0 amide bonds. The fraction of sp³-hybridized carbons (Fsp3) is 0. The maximum absolute atomic E-state index is 5.94. The van der Waals surface area contributed by atoms with Gasteiger partial charge in [-0.3, -0.25) is 0 Å². The Balaban J connectivity index is 2.26. The predicted octanol–water partition coefficient (Wildman–Crippen LogP) is 1.44. The molecule has 0 bridgehead atoms. The molecule has 0 radical (unpaired) electrons. The van der Waals surface area contributed by atoms with Gasteiger partial charge in [0, 0.05) is 9.13 Å². The number of benzene rings is 1. The third-order valence-corrected chi connectivity index (χ3v) is 3.44. The van der Waals surface area contributed by atoms with Gasteiger partial charge in [0.05, 0.1) is 0 Å². The Labute approximate surface area is 127 Å². The molecule has 0 spiro atoms. The van der Waals surface area contributed by atoms with E-state index < -0.39 is 0 Å². The SMILES string of the molecule is Nc1nc(N)c2nc(-c3ccc(I)cc3)c(N)nc2n1. The summed E-state index contributed by atoms with van der Waals surface area (Å²) in [6.45, 7) is 0. The summed E-state index contributed by atoms with van der Waals surface area (Å²) < 4.78 is 1.12. The van der Waals surface area contributed by atoms with Crippen molar-refractivity contribution in [1.82, 2.24) is 19.9 Å². The monoisotopic (exact) mass is 379 g/mol. The van der Waals surface area contributed by atoms with Gasteiger partial charge in [-0.15, -0.1) is 0 Å². The number of halogens is 1. The molecule has 7 nitrogen and oxygen atoms in total. The third kappa shape index (κ3) is 2.18. The first-order valence-corrected chi connectivity index (χ1v) is 6.74. The highest BCUT2D eigenvalue weighted by molar-refractivity contribution is 14.1. The number of nitrogen functional groups attached to an aromatic ring is 3. The zero-order valence-corrected chi connectivity index (χ0v) is 12.4. The average molecular weight is 379 g/mol. The fourth-order valence-electron chi connectivity index (χ4n) is 1.82. The maximum Gasteiger partial charge on any atom is 0.224 e. The van der Waals surface area contributed by atoms with E-state index in [-0.39, 0.29) is 17.6 Å². The molecule has 6 N–H and O–H groups in total. The van der Waals surface area contributed by atoms with Crippen molar-refractivity contribution >= 4 is 51.3 Å². The topological polar surface area (TPSA) is 130 Å². The summed E-state index contributed by atoms with van der Waals surface area (Å²) in [4.78, 5) is 16.5. The van der Waals surface area contributed by atoms with Crippen LogP contribution in [0.3, 0.4) is 0 Å². The van der Waals surface area contributed by atoms with Crippen LogP contribution < -0.4 is 17.2 Å². The minimum atomic E-state index is 0.0470. The lowest BCUT2D eigenvalue weighted by atomic mass is 10.1. The maximum atomic E-state index is 5.94. The van der Waals surface area contributed by atoms with Crippen molar-refractivity contribution in [2.75, 3.05) is 17.2 Å². The number of hydrogen-bond donors (Lipinski definition) is 3. The van der Waals surface area contributed by atoms with Gasteiger partial charge in [0.15, 0.2) is 22.8 Å². The van der Waals surface area contributed by atoms with Crippen molar-refractivity contribution in [3.8, 4) is 11.3 Å². The third-order valence-electron chi connectivity index (χ3n) is 2.72. The van der Waals surface area contributed by atoms with Crippen LogP contribution >= 0.6 is 22.6 Å². The lowest BCUT2D eigenvalue weighted by Crippen LogP contribution is -2.06. The number of aromatic nitrogens is 4. The van der Waals surface area contributed by atoms with E-state index in [1.807, 2.05) is 24.3 Å². The van der Waals surface area contributed by atoms with E-state index in [1.165, 1.54) is 0 Å². The van der Waals surface area contributed by atoms with Crippen molar-refractivity contribution in [2.24, 2.45) is 0 Å². The number of hydrogen-bond acceptors (Lipinski definition) is 7. The molecule has 0 aliphatic heterocycles. The summed E-state index contributed by atoms with van der Waals surface area (Å²) in [6.07, 6.45) is 0. The first-order chi connectivity index (χ1) is 9.54. The molecule has 0 saturated heterocycles. The smallest absolute Gasteiger partial charge is 0.224 e. The van der Waals surface area contributed by atoms with Crippen LogP contribution in [0.15, 0.2) is 24.3 Å². The molecule has 1 aromatic carbocycles. The van der Waals surface area contributed by atoms with Crippen LogP contribution in [0, 0.1) is 3.57 Å². The molecular formula is C12H10IN7. The summed E-state index contributed by atoms with van der Waals surface area (Å²) in [5, 5.41) is 0. The highest BCUT2D eigenvalue weighted by Gasteiger charge is 2.12. The van der Waals surface area contributed by atoms with Crippen molar-refractivity contribution in [3.05, 3.63) is 27.8 Å². The van der Waals surface area contributed by atoms with Gasteiger partial charge >= 0.3 is 0 Å². The molecule has 0 aliphatic rings. The van der Waals surface area contributed by atoms with E-state index in [2.05, 4.69) is 42.5 Å². The van der Waals surface area contributed by atoms with Crippen LogP contribution in [0.2, 0.25) is 0 Å². The van der Waals surface area contributed by atoms with E-state index in [4.69, 9.17) is 17.2 Å². The lowest BCUT2D eigenvalue weighted by Gasteiger charge is -2.07. The standard InChI is InChI=1S/C12H10IN7/c13-6-3-1-5(2-4-6)7-9(14)18-11-8(17-7)10(15)19-12(16)20-11/h1-4H,(H6,14,15,16,18,19,20). The van der Waals surface area contributed by atoms with Crippen molar-refractivity contribution in [2.45, 2.75) is 0 Å². The quantitative estimate of drug-likeness (QED) is 0.546. The van der Waals surface area contributed by atoms with E-state index in [0.717, 1.165) is 9.13 Å². The summed E-state index contributed by atoms with van der Waals surface area (Å²) in [7, 11) is 0. The van der Waals surface area contributed by atoms with Crippen LogP contribution in [0.25, 0.3) is 22.4 Å². The Morgan fingerprint density at radius 3 is 2.20 bits per heavy atom. The Morgan fingerprint density at radius 1 is 0.800 bits per heavy atom. The van der Waals surface area contributed by atoms with Crippen LogP contribution in [0.4, 0.5) is 17.6 Å². The lowest BCUT2D eigenvalue weighted by molar-refractivity contribution is 1.17. The predicted molar refractivity (Wildman–Crippen MR) is 86.5 cm³/mol. The van der Waals surface area contributed by atoms with Gasteiger partial charge in [0.2, 0.25) is 5.95 Å². The minimum Gasteiger partial charge on any atom is -0.382 e. The van der Waals surface area contributed by atoms with Crippen molar-refractivity contribution < 1.29 is 0 Å². The van der Waals surface area contributed by atoms with Crippen LogP contribution in [-0.4, -0.2) is 19.9 Å². The zero-order chi connectivity index (χ0) is 14.3. The second-order valence-corrected chi connectivity index (χ2v) is 5.35. The summed E-state index contributed by atoms with van der Waals surface area (Å²) in [6, 6.07) is 7.76. The Hall–Kier alpha value is -2.23. The molecule has 3 aromatic rings. The molecule has 0 fully saturated rings. The van der Waals surface area contributed by atoms with E-state index in [1.54, 1.807) is 0 Å². The van der Waals surface area contributed by atoms with Gasteiger partial charge < -0.3 is 17.2 Å².